The van der Waals surface area contributed by atoms with Crippen molar-refractivity contribution >= 4 is 17.3 Å². The van der Waals surface area contributed by atoms with Gasteiger partial charge in [0.15, 0.2) is 0 Å². The Hall–Kier alpha value is -1.11. The van der Waals surface area contributed by atoms with E-state index in [-0.39, 0.29) is 10.6 Å². The summed E-state index contributed by atoms with van der Waals surface area (Å²) in [6.07, 6.45) is 1.59. The quantitative estimate of drug-likeness (QED) is 0.700. The number of aromatic nitrogens is 2. The molecule has 1 aromatic heterocycles. The molecule has 0 spiro atoms. The van der Waals surface area contributed by atoms with Crippen LogP contribution in [0.3, 0.4) is 0 Å². The Morgan fingerprint density at radius 2 is 2.19 bits per heavy atom. The van der Waals surface area contributed by atoms with Crippen LogP contribution in [0.5, 0.6) is 0 Å². The molecule has 0 unspecified atom stereocenters. The lowest BCUT2D eigenvalue weighted by Gasteiger charge is -2.13. The third kappa shape index (κ3) is 6.46. The van der Waals surface area contributed by atoms with Gasteiger partial charge in [-0.25, -0.2) is 4.68 Å². The highest BCUT2D eigenvalue weighted by atomic mass is 35.5. The number of halogens is 1. The van der Waals surface area contributed by atoms with E-state index < -0.39 is 0 Å². The average Bonchev–Trinajstić information content (AvgIpc) is 2.41. The summed E-state index contributed by atoms with van der Waals surface area (Å²) in [7, 11) is 3.89. The molecule has 0 aliphatic carbocycles. The van der Waals surface area contributed by atoms with Crippen molar-refractivity contribution in [3.05, 3.63) is 21.6 Å². The van der Waals surface area contributed by atoms with Gasteiger partial charge in [0.25, 0.3) is 5.56 Å². The van der Waals surface area contributed by atoms with Crippen molar-refractivity contribution in [3.8, 4) is 0 Å². The Balaban J connectivity index is 2.53. The molecule has 0 saturated heterocycles. The van der Waals surface area contributed by atoms with Crippen LogP contribution in [0.15, 0.2) is 11.0 Å². The van der Waals surface area contributed by atoms with Crippen LogP contribution in [0.4, 0.5) is 5.69 Å². The molecule has 0 bridgehead atoms. The highest BCUT2D eigenvalue weighted by Crippen LogP contribution is 2.14. The van der Waals surface area contributed by atoms with Crippen LogP contribution in [0.1, 0.15) is 13.8 Å². The first-order valence-electron chi connectivity index (χ1n) is 7.13. The van der Waals surface area contributed by atoms with E-state index in [9.17, 15) is 4.79 Å². The van der Waals surface area contributed by atoms with Crippen LogP contribution in [0.25, 0.3) is 0 Å². The molecule has 21 heavy (non-hydrogen) atoms. The molecule has 1 aromatic rings. The molecule has 1 rings (SSSR count). The Kier molecular flexibility index (Phi) is 7.71. The maximum atomic E-state index is 12.1. The Morgan fingerprint density at radius 1 is 1.48 bits per heavy atom. The van der Waals surface area contributed by atoms with Crippen LogP contribution in [0.2, 0.25) is 5.02 Å². The summed E-state index contributed by atoms with van der Waals surface area (Å²) in [4.78, 5) is 14.0. The van der Waals surface area contributed by atoms with Gasteiger partial charge in [0, 0.05) is 19.7 Å². The summed E-state index contributed by atoms with van der Waals surface area (Å²) in [5, 5.41) is 7.38. The Labute approximate surface area is 131 Å². The largest absolute Gasteiger partial charge is 0.380 e. The number of hydrogen-bond acceptors (Lipinski definition) is 5. The monoisotopic (exact) mass is 316 g/mol. The van der Waals surface area contributed by atoms with Gasteiger partial charge in [0.1, 0.15) is 5.02 Å². The normalized spacial score (nSPS) is 11.4. The van der Waals surface area contributed by atoms with E-state index in [0.29, 0.717) is 31.3 Å². The third-order valence-electron chi connectivity index (χ3n) is 2.76. The van der Waals surface area contributed by atoms with Gasteiger partial charge in [-0.3, -0.25) is 4.79 Å². The molecule has 0 saturated carbocycles. The summed E-state index contributed by atoms with van der Waals surface area (Å²) in [6.45, 7) is 7.33. The second kappa shape index (κ2) is 9.02. The summed E-state index contributed by atoms with van der Waals surface area (Å²) >= 11 is 6.09. The molecule has 7 heteroatoms. The zero-order valence-corrected chi connectivity index (χ0v) is 14.0. The van der Waals surface area contributed by atoms with Crippen LogP contribution in [-0.4, -0.2) is 55.1 Å². The molecule has 0 aromatic carbocycles. The average molecular weight is 317 g/mol. The van der Waals surface area contributed by atoms with Crippen LogP contribution in [0, 0.1) is 5.92 Å². The second-order valence-corrected chi connectivity index (χ2v) is 5.98. The van der Waals surface area contributed by atoms with E-state index >= 15 is 0 Å². The Bertz CT molecular complexity index is 488. The second-order valence-electron chi connectivity index (χ2n) is 5.60. The minimum absolute atomic E-state index is 0.174. The van der Waals surface area contributed by atoms with Crippen molar-refractivity contribution in [2.45, 2.75) is 20.4 Å². The molecule has 1 heterocycles. The molecular formula is C14H25ClN4O2. The predicted octanol–water partition coefficient (Wildman–Crippen LogP) is 1.54. The number of ether oxygens (including phenoxy) is 1. The summed E-state index contributed by atoms with van der Waals surface area (Å²) < 4.78 is 6.84. The van der Waals surface area contributed by atoms with Crippen molar-refractivity contribution in [1.29, 1.82) is 0 Å². The van der Waals surface area contributed by atoms with Gasteiger partial charge in [0.05, 0.1) is 25.0 Å². The minimum atomic E-state index is -0.272. The molecule has 0 fully saturated rings. The summed E-state index contributed by atoms with van der Waals surface area (Å²) in [6, 6.07) is 0. The molecule has 6 nitrogen and oxygen atoms in total. The maximum Gasteiger partial charge on any atom is 0.287 e. The lowest BCUT2D eigenvalue weighted by Crippen LogP contribution is -2.29. The van der Waals surface area contributed by atoms with Crippen molar-refractivity contribution < 1.29 is 4.74 Å². The molecule has 120 valence electrons. The fraction of sp³-hybridized carbons (Fsp3) is 0.714. The molecule has 1 N–H and O–H groups in total. The zero-order chi connectivity index (χ0) is 15.8. The number of nitrogens with zero attached hydrogens (tertiary/aromatic N) is 3. The van der Waals surface area contributed by atoms with E-state index in [2.05, 4.69) is 24.3 Å². The highest BCUT2D eigenvalue weighted by molar-refractivity contribution is 6.32. The van der Waals surface area contributed by atoms with E-state index in [1.807, 2.05) is 19.0 Å². The smallest absolute Gasteiger partial charge is 0.287 e. The third-order valence-corrected chi connectivity index (χ3v) is 3.12. The lowest BCUT2D eigenvalue weighted by molar-refractivity contribution is 0.118. The van der Waals surface area contributed by atoms with Gasteiger partial charge in [0.2, 0.25) is 0 Å². The topological polar surface area (TPSA) is 59.4 Å². The first kappa shape index (κ1) is 17.9. The summed E-state index contributed by atoms with van der Waals surface area (Å²) in [5.74, 6) is 0.510. The van der Waals surface area contributed by atoms with Gasteiger partial charge < -0.3 is 15.0 Å². The van der Waals surface area contributed by atoms with Gasteiger partial charge in [-0.1, -0.05) is 25.4 Å². The van der Waals surface area contributed by atoms with Gasteiger partial charge >= 0.3 is 0 Å². The van der Waals surface area contributed by atoms with Crippen LogP contribution >= 0.6 is 11.6 Å². The minimum Gasteiger partial charge on any atom is -0.380 e. The van der Waals surface area contributed by atoms with Crippen LogP contribution < -0.4 is 10.9 Å². The number of hydrogen-bond donors (Lipinski definition) is 1. The molecule has 0 aliphatic heterocycles. The molecule has 0 aliphatic rings. The van der Waals surface area contributed by atoms with Crippen molar-refractivity contribution in [2.24, 2.45) is 5.92 Å². The lowest BCUT2D eigenvalue weighted by atomic mass is 10.2. The van der Waals surface area contributed by atoms with Crippen molar-refractivity contribution in [1.82, 2.24) is 14.7 Å². The first-order valence-corrected chi connectivity index (χ1v) is 7.51. The molecule has 0 radical (unpaired) electrons. The standard InChI is InChI=1S/C14H25ClN4O2/c1-11(2)10-21-8-5-16-12-9-17-19(7-6-18(3)4)14(20)13(12)15/h9,11,16H,5-8,10H2,1-4H3. The van der Waals surface area contributed by atoms with Gasteiger partial charge in [-0.2, -0.15) is 5.10 Å². The predicted molar refractivity (Wildman–Crippen MR) is 86.2 cm³/mol. The van der Waals surface area contributed by atoms with E-state index in [1.165, 1.54) is 4.68 Å². The molecular weight excluding hydrogens is 292 g/mol. The van der Waals surface area contributed by atoms with E-state index in [0.717, 1.165) is 13.2 Å². The maximum absolute atomic E-state index is 12.1. The number of likely N-dealkylation sites (N-methyl/N-ethyl adjacent to an activating group) is 1. The number of rotatable bonds is 9. The number of anilines is 1. The SMILES string of the molecule is CC(C)COCCNc1cnn(CCN(C)C)c(=O)c1Cl. The first-order chi connectivity index (χ1) is 9.91. The van der Waals surface area contributed by atoms with Gasteiger partial charge in [-0.05, 0) is 20.0 Å². The van der Waals surface area contributed by atoms with Crippen molar-refractivity contribution in [2.75, 3.05) is 45.7 Å². The zero-order valence-electron chi connectivity index (χ0n) is 13.2. The van der Waals surface area contributed by atoms with E-state index in [4.69, 9.17) is 16.3 Å². The van der Waals surface area contributed by atoms with Crippen LogP contribution in [-0.2, 0) is 11.3 Å². The summed E-state index contributed by atoms with van der Waals surface area (Å²) in [5.41, 5.74) is 0.280. The molecule has 0 atom stereocenters. The highest BCUT2D eigenvalue weighted by Gasteiger charge is 2.09. The fourth-order valence-corrected chi connectivity index (χ4v) is 1.83. The Morgan fingerprint density at radius 3 is 2.81 bits per heavy atom. The molecule has 0 amide bonds. The fourth-order valence-electron chi connectivity index (χ4n) is 1.62. The van der Waals surface area contributed by atoms with E-state index in [1.54, 1.807) is 6.20 Å². The number of nitrogens with one attached hydrogen (secondary N) is 1. The van der Waals surface area contributed by atoms with Crippen molar-refractivity contribution in [3.63, 3.8) is 0 Å². The van der Waals surface area contributed by atoms with Gasteiger partial charge in [-0.15, -0.1) is 0 Å².